The average Bonchev–Trinajstić information content (AvgIpc) is 2.53. The van der Waals surface area contributed by atoms with Crippen LogP contribution in [0.2, 0.25) is 0 Å². The summed E-state index contributed by atoms with van der Waals surface area (Å²) in [6.45, 7) is 4.13. The molecule has 5 heteroatoms. The van der Waals surface area contributed by atoms with Gasteiger partial charge in [-0.15, -0.1) is 0 Å². The van der Waals surface area contributed by atoms with Gasteiger partial charge >= 0.3 is 0 Å². The highest BCUT2D eigenvalue weighted by atomic mass is 16.3. The molecule has 0 unspecified atom stereocenters. The zero-order valence-corrected chi connectivity index (χ0v) is 15.5. The number of unbranched alkanes of at least 4 members (excludes halogenated alkanes) is 5. The Kier molecular flexibility index (Phi) is 14.5. The van der Waals surface area contributed by atoms with E-state index in [1.807, 2.05) is 19.0 Å². The fourth-order valence-electron chi connectivity index (χ4n) is 2.60. The molecule has 23 heavy (non-hydrogen) atoms. The smallest absolute Gasteiger partial charge is 0.222 e. The zero-order chi connectivity index (χ0) is 17.5. The van der Waals surface area contributed by atoms with Crippen molar-refractivity contribution in [1.82, 2.24) is 9.80 Å². The van der Waals surface area contributed by atoms with Crippen LogP contribution in [0.4, 0.5) is 0 Å². The van der Waals surface area contributed by atoms with Crippen molar-refractivity contribution in [3.05, 3.63) is 0 Å². The van der Waals surface area contributed by atoms with Gasteiger partial charge in [0.2, 0.25) is 5.91 Å². The van der Waals surface area contributed by atoms with Crippen LogP contribution in [-0.2, 0) is 4.79 Å². The highest BCUT2D eigenvalue weighted by Crippen LogP contribution is 2.10. The van der Waals surface area contributed by atoms with E-state index in [9.17, 15) is 15.0 Å². The molecule has 0 radical (unpaired) electrons. The summed E-state index contributed by atoms with van der Waals surface area (Å²) in [5, 5.41) is 18.5. The van der Waals surface area contributed by atoms with Crippen LogP contribution in [0.5, 0.6) is 0 Å². The molecule has 0 rings (SSSR count). The number of carbonyl (C=O) groups excluding carboxylic acids is 1. The normalized spacial score (nSPS) is 11.4. The first-order valence-electron chi connectivity index (χ1n) is 9.19. The second-order valence-corrected chi connectivity index (χ2v) is 6.75. The first kappa shape index (κ1) is 22.4. The molecule has 2 N–H and O–H groups in total. The summed E-state index contributed by atoms with van der Waals surface area (Å²) in [5.41, 5.74) is 0. The summed E-state index contributed by atoms with van der Waals surface area (Å²) in [7, 11) is 4.04. The third-order valence-corrected chi connectivity index (χ3v) is 4.13. The average molecular weight is 331 g/mol. The van der Waals surface area contributed by atoms with E-state index in [-0.39, 0.29) is 25.0 Å². The number of amides is 1. The molecule has 0 aromatic heterocycles. The molecule has 0 spiro atoms. The second-order valence-electron chi connectivity index (χ2n) is 6.75. The van der Waals surface area contributed by atoms with Gasteiger partial charge in [-0.3, -0.25) is 4.79 Å². The maximum Gasteiger partial charge on any atom is 0.222 e. The zero-order valence-electron chi connectivity index (χ0n) is 15.5. The van der Waals surface area contributed by atoms with Crippen LogP contribution in [0, 0.1) is 5.92 Å². The van der Waals surface area contributed by atoms with Crippen LogP contribution in [0.1, 0.15) is 58.3 Å². The minimum absolute atomic E-state index is 0.0784. The highest BCUT2D eigenvalue weighted by Gasteiger charge is 2.17. The first-order valence-corrected chi connectivity index (χ1v) is 9.19. The summed E-state index contributed by atoms with van der Waals surface area (Å²) in [4.78, 5) is 16.4. The molecule has 5 nitrogen and oxygen atoms in total. The number of hydrogen-bond acceptors (Lipinski definition) is 4. The molecule has 0 aromatic carbocycles. The SMILES string of the molecule is CCCCCCCCC(=O)N(CCCN(C)C)CC(CO)CO. The van der Waals surface area contributed by atoms with E-state index < -0.39 is 0 Å². The van der Waals surface area contributed by atoms with Gasteiger partial charge in [-0.2, -0.15) is 0 Å². The molecule has 0 atom stereocenters. The quantitative estimate of drug-likeness (QED) is 0.452. The number of aliphatic hydroxyl groups excluding tert-OH is 2. The highest BCUT2D eigenvalue weighted by molar-refractivity contribution is 5.76. The molecule has 0 fully saturated rings. The molecular weight excluding hydrogens is 292 g/mol. The lowest BCUT2D eigenvalue weighted by molar-refractivity contribution is -0.132. The molecule has 0 saturated carbocycles. The fraction of sp³-hybridized carbons (Fsp3) is 0.944. The van der Waals surface area contributed by atoms with Crippen molar-refractivity contribution >= 4 is 5.91 Å². The fourth-order valence-corrected chi connectivity index (χ4v) is 2.60. The molecule has 0 aliphatic carbocycles. The Morgan fingerprint density at radius 2 is 1.52 bits per heavy atom. The Morgan fingerprint density at radius 3 is 2.09 bits per heavy atom. The van der Waals surface area contributed by atoms with E-state index in [1.165, 1.54) is 25.7 Å². The minimum atomic E-state index is -0.233. The van der Waals surface area contributed by atoms with Crippen molar-refractivity contribution in [2.75, 3.05) is 46.9 Å². The van der Waals surface area contributed by atoms with Crippen LogP contribution in [-0.4, -0.2) is 72.9 Å². The summed E-state index contributed by atoms with van der Waals surface area (Å²) in [5.74, 6) is -0.0750. The van der Waals surface area contributed by atoms with Crippen LogP contribution < -0.4 is 0 Å². The van der Waals surface area contributed by atoms with Crippen molar-refractivity contribution in [1.29, 1.82) is 0 Å². The predicted molar refractivity (Wildman–Crippen MR) is 95.4 cm³/mol. The second kappa shape index (κ2) is 14.9. The van der Waals surface area contributed by atoms with Gasteiger partial charge in [0.05, 0.1) is 0 Å². The molecule has 0 bridgehead atoms. The Hall–Kier alpha value is -0.650. The monoisotopic (exact) mass is 330 g/mol. The summed E-state index contributed by atoms with van der Waals surface area (Å²) >= 11 is 0. The Labute approximate surface area is 142 Å². The van der Waals surface area contributed by atoms with Gasteiger partial charge in [0, 0.05) is 38.6 Å². The third kappa shape index (κ3) is 12.4. The molecular formula is C18H38N2O3. The number of aliphatic hydroxyl groups is 2. The van der Waals surface area contributed by atoms with E-state index in [0.29, 0.717) is 19.5 Å². The molecule has 0 aliphatic heterocycles. The van der Waals surface area contributed by atoms with Gasteiger partial charge in [-0.05, 0) is 33.5 Å². The van der Waals surface area contributed by atoms with E-state index in [4.69, 9.17) is 0 Å². The lowest BCUT2D eigenvalue weighted by atomic mass is 10.1. The number of hydrogen-bond donors (Lipinski definition) is 2. The van der Waals surface area contributed by atoms with Gasteiger partial charge in [-0.25, -0.2) is 0 Å². The molecule has 138 valence electrons. The summed E-state index contributed by atoms with van der Waals surface area (Å²) < 4.78 is 0. The van der Waals surface area contributed by atoms with Crippen LogP contribution in [0.25, 0.3) is 0 Å². The van der Waals surface area contributed by atoms with Crippen molar-refractivity contribution in [3.63, 3.8) is 0 Å². The maximum absolute atomic E-state index is 12.4. The van der Waals surface area contributed by atoms with Gasteiger partial charge < -0.3 is 20.0 Å². The first-order chi connectivity index (χ1) is 11.0. The maximum atomic E-state index is 12.4. The summed E-state index contributed by atoms with van der Waals surface area (Å²) in [6, 6.07) is 0. The minimum Gasteiger partial charge on any atom is -0.396 e. The molecule has 0 saturated heterocycles. The third-order valence-electron chi connectivity index (χ3n) is 4.13. The van der Waals surface area contributed by atoms with Crippen LogP contribution in [0.15, 0.2) is 0 Å². The lowest BCUT2D eigenvalue weighted by Crippen LogP contribution is -2.39. The van der Waals surface area contributed by atoms with E-state index >= 15 is 0 Å². The van der Waals surface area contributed by atoms with Gasteiger partial charge in [0.1, 0.15) is 0 Å². The number of nitrogens with zero attached hydrogens (tertiary/aromatic N) is 2. The molecule has 1 amide bonds. The topological polar surface area (TPSA) is 64.0 Å². The lowest BCUT2D eigenvalue weighted by Gasteiger charge is -2.27. The Morgan fingerprint density at radius 1 is 0.913 bits per heavy atom. The Balaban J connectivity index is 4.20. The van der Waals surface area contributed by atoms with Crippen molar-refractivity contribution in [3.8, 4) is 0 Å². The molecule has 0 aromatic rings. The standard InChI is InChI=1S/C18H38N2O3/c1-4-5-6-7-8-9-11-18(23)20(13-10-12-19(2)3)14-17(15-21)16-22/h17,21-22H,4-16H2,1-3H3. The molecule has 0 aliphatic rings. The van der Waals surface area contributed by atoms with Gasteiger partial charge in [0.25, 0.3) is 0 Å². The summed E-state index contributed by atoms with van der Waals surface area (Å²) in [6.07, 6.45) is 8.53. The van der Waals surface area contributed by atoms with Gasteiger partial charge in [-0.1, -0.05) is 39.0 Å². The number of carbonyl (C=O) groups is 1. The van der Waals surface area contributed by atoms with Gasteiger partial charge in [0.15, 0.2) is 0 Å². The van der Waals surface area contributed by atoms with E-state index in [0.717, 1.165) is 25.8 Å². The van der Waals surface area contributed by atoms with Crippen LogP contribution >= 0.6 is 0 Å². The Bertz CT molecular complexity index is 281. The molecule has 0 heterocycles. The number of rotatable bonds is 15. The largest absolute Gasteiger partial charge is 0.396 e. The van der Waals surface area contributed by atoms with Crippen molar-refractivity contribution in [2.24, 2.45) is 5.92 Å². The predicted octanol–water partition coefficient (Wildman–Crippen LogP) is 2.12. The van der Waals surface area contributed by atoms with Crippen LogP contribution in [0.3, 0.4) is 0 Å². The van der Waals surface area contributed by atoms with E-state index in [1.54, 1.807) is 0 Å². The van der Waals surface area contributed by atoms with Crippen molar-refractivity contribution < 1.29 is 15.0 Å². The van der Waals surface area contributed by atoms with Crippen molar-refractivity contribution in [2.45, 2.75) is 58.3 Å². The van der Waals surface area contributed by atoms with E-state index in [2.05, 4.69) is 11.8 Å².